The van der Waals surface area contributed by atoms with Crippen LogP contribution in [0.4, 0.5) is 5.69 Å². The van der Waals surface area contributed by atoms with Gasteiger partial charge in [-0.2, -0.15) is 0 Å². The van der Waals surface area contributed by atoms with E-state index in [1.165, 1.54) is 12.8 Å². The number of benzene rings is 1. The Morgan fingerprint density at radius 3 is 3.04 bits per heavy atom. The molecule has 25 heavy (non-hydrogen) atoms. The van der Waals surface area contributed by atoms with Gasteiger partial charge in [0.25, 0.3) is 0 Å². The Labute approximate surface area is 149 Å². The highest BCUT2D eigenvalue weighted by atomic mass is 16.5. The molecule has 2 fully saturated rings. The number of hydrogen-bond donors (Lipinski definition) is 1. The first kappa shape index (κ1) is 16.6. The lowest BCUT2D eigenvalue weighted by Gasteiger charge is -2.38. The first-order valence-corrected chi connectivity index (χ1v) is 9.38. The monoisotopic (exact) mass is 341 g/mol. The summed E-state index contributed by atoms with van der Waals surface area (Å²) < 4.78 is 11.2. The second-order valence-electron chi connectivity index (χ2n) is 7.33. The number of nitrogens with one attached hydrogen (secondary N) is 1. The van der Waals surface area contributed by atoms with E-state index in [4.69, 9.17) is 9.15 Å². The fourth-order valence-electron chi connectivity index (χ4n) is 4.01. The lowest BCUT2D eigenvalue weighted by molar-refractivity contribution is 0.0563. The normalized spacial score (nSPS) is 27.5. The maximum atomic E-state index is 5.79. The molecule has 0 amide bonds. The summed E-state index contributed by atoms with van der Waals surface area (Å²) in [5.74, 6) is 1.28. The summed E-state index contributed by atoms with van der Waals surface area (Å²) in [4.78, 5) is 6.81. The quantitative estimate of drug-likeness (QED) is 0.900. The van der Waals surface area contributed by atoms with Crippen LogP contribution >= 0.6 is 0 Å². The van der Waals surface area contributed by atoms with Crippen LogP contribution in [-0.2, 0) is 4.74 Å². The Balaban J connectivity index is 1.35. The maximum absolute atomic E-state index is 5.79. The van der Waals surface area contributed by atoms with Crippen molar-refractivity contribution in [1.82, 2.24) is 9.88 Å². The van der Waals surface area contributed by atoms with Crippen LogP contribution in [0.5, 0.6) is 0 Å². The summed E-state index contributed by atoms with van der Waals surface area (Å²) in [6, 6.07) is 8.83. The van der Waals surface area contributed by atoms with Crippen LogP contribution < -0.4 is 5.32 Å². The molecule has 0 spiro atoms. The summed E-state index contributed by atoms with van der Waals surface area (Å²) in [7, 11) is 0. The van der Waals surface area contributed by atoms with Gasteiger partial charge in [-0.1, -0.05) is 13.0 Å². The fraction of sp³-hybridized carbons (Fsp3) is 0.550. The van der Waals surface area contributed by atoms with E-state index in [0.717, 1.165) is 43.9 Å². The third-order valence-electron chi connectivity index (χ3n) is 5.37. The third-order valence-corrected chi connectivity index (χ3v) is 5.37. The molecular formula is C20H27N3O2. The van der Waals surface area contributed by atoms with E-state index in [1.54, 1.807) is 12.5 Å². The molecule has 1 aromatic carbocycles. The Morgan fingerprint density at radius 1 is 1.32 bits per heavy atom. The van der Waals surface area contributed by atoms with Crippen LogP contribution in [0, 0.1) is 5.92 Å². The molecule has 5 heteroatoms. The van der Waals surface area contributed by atoms with Gasteiger partial charge in [-0.15, -0.1) is 0 Å². The second-order valence-corrected chi connectivity index (χ2v) is 7.33. The zero-order valence-electron chi connectivity index (χ0n) is 14.9. The molecule has 0 aliphatic carbocycles. The first-order valence-electron chi connectivity index (χ1n) is 9.38. The number of likely N-dealkylation sites (tertiary alicyclic amines) is 1. The van der Waals surface area contributed by atoms with Gasteiger partial charge in [0.05, 0.1) is 12.3 Å². The topological polar surface area (TPSA) is 50.5 Å². The predicted molar refractivity (Wildman–Crippen MR) is 98.5 cm³/mol. The van der Waals surface area contributed by atoms with E-state index in [-0.39, 0.29) is 0 Å². The summed E-state index contributed by atoms with van der Waals surface area (Å²) in [6.07, 6.45) is 7.35. The summed E-state index contributed by atoms with van der Waals surface area (Å²) in [6.45, 7) is 6.66. The van der Waals surface area contributed by atoms with Crippen molar-refractivity contribution in [2.24, 2.45) is 5.92 Å². The lowest BCUT2D eigenvalue weighted by atomic mass is 9.93. The standard InChI is InChI=1S/C20H27N3O2/c1-15-13-23(14-18-6-3-10-24-18)9-7-19(15)22-17-5-2-4-16(12-17)20-21-8-11-25-20/h2,4-5,8,11-12,15,18-19,22H,3,6-7,9-10,13-14H2,1H3. The number of rotatable bonds is 5. The minimum atomic E-state index is 0.453. The Kier molecular flexibility index (Phi) is 5.04. The molecule has 2 aromatic rings. The van der Waals surface area contributed by atoms with Crippen molar-refractivity contribution in [3.63, 3.8) is 0 Å². The minimum absolute atomic E-state index is 0.453. The Morgan fingerprint density at radius 2 is 2.28 bits per heavy atom. The number of piperidine rings is 1. The molecule has 3 heterocycles. The van der Waals surface area contributed by atoms with Crippen molar-refractivity contribution in [3.05, 3.63) is 36.7 Å². The van der Waals surface area contributed by atoms with Crippen molar-refractivity contribution in [2.75, 3.05) is 31.6 Å². The Bertz CT molecular complexity index is 667. The zero-order valence-corrected chi connectivity index (χ0v) is 14.9. The van der Waals surface area contributed by atoms with Gasteiger partial charge in [0.1, 0.15) is 6.26 Å². The van der Waals surface area contributed by atoms with Crippen molar-refractivity contribution < 1.29 is 9.15 Å². The van der Waals surface area contributed by atoms with Gasteiger partial charge >= 0.3 is 0 Å². The van der Waals surface area contributed by atoms with Gasteiger partial charge in [0.2, 0.25) is 5.89 Å². The van der Waals surface area contributed by atoms with Crippen molar-refractivity contribution in [3.8, 4) is 11.5 Å². The van der Waals surface area contributed by atoms with E-state index in [2.05, 4.69) is 40.3 Å². The number of ether oxygens (including phenoxy) is 1. The predicted octanol–water partition coefficient (Wildman–Crippen LogP) is 3.64. The summed E-state index contributed by atoms with van der Waals surface area (Å²) in [5, 5.41) is 3.72. The van der Waals surface area contributed by atoms with E-state index >= 15 is 0 Å². The van der Waals surface area contributed by atoms with E-state index in [9.17, 15) is 0 Å². The molecule has 1 N–H and O–H groups in total. The molecule has 1 aromatic heterocycles. The molecule has 4 rings (SSSR count). The molecule has 3 unspecified atom stereocenters. The third kappa shape index (κ3) is 4.05. The molecule has 0 bridgehead atoms. The van der Waals surface area contributed by atoms with E-state index in [0.29, 0.717) is 24.0 Å². The molecule has 2 aliphatic heterocycles. The van der Waals surface area contributed by atoms with Crippen LogP contribution in [0.25, 0.3) is 11.5 Å². The van der Waals surface area contributed by atoms with E-state index < -0.39 is 0 Å². The number of aromatic nitrogens is 1. The number of anilines is 1. The summed E-state index contributed by atoms with van der Waals surface area (Å²) in [5.41, 5.74) is 2.15. The largest absolute Gasteiger partial charge is 0.445 e. The van der Waals surface area contributed by atoms with Crippen molar-refractivity contribution in [1.29, 1.82) is 0 Å². The molecule has 134 valence electrons. The Hall–Kier alpha value is -1.85. The van der Waals surface area contributed by atoms with Crippen LogP contribution in [0.15, 0.2) is 41.1 Å². The van der Waals surface area contributed by atoms with Crippen LogP contribution in [0.3, 0.4) is 0 Å². The van der Waals surface area contributed by atoms with Gasteiger partial charge in [0.15, 0.2) is 0 Å². The minimum Gasteiger partial charge on any atom is -0.445 e. The van der Waals surface area contributed by atoms with Gasteiger partial charge in [-0.25, -0.2) is 4.98 Å². The SMILES string of the molecule is CC1CN(CC2CCCO2)CCC1Nc1cccc(-c2ncco2)c1. The second kappa shape index (κ2) is 7.58. The highest BCUT2D eigenvalue weighted by Gasteiger charge is 2.28. The van der Waals surface area contributed by atoms with Crippen molar-refractivity contribution in [2.45, 2.75) is 38.3 Å². The van der Waals surface area contributed by atoms with Crippen LogP contribution in [0.1, 0.15) is 26.2 Å². The highest BCUT2D eigenvalue weighted by molar-refractivity contribution is 5.61. The smallest absolute Gasteiger partial charge is 0.225 e. The molecule has 2 saturated heterocycles. The van der Waals surface area contributed by atoms with Gasteiger partial charge in [0, 0.05) is 43.5 Å². The van der Waals surface area contributed by atoms with Crippen LogP contribution in [0.2, 0.25) is 0 Å². The zero-order chi connectivity index (χ0) is 17.1. The molecular weight excluding hydrogens is 314 g/mol. The molecule has 3 atom stereocenters. The summed E-state index contributed by atoms with van der Waals surface area (Å²) >= 11 is 0. The maximum Gasteiger partial charge on any atom is 0.225 e. The fourth-order valence-corrected chi connectivity index (χ4v) is 4.01. The van der Waals surface area contributed by atoms with Crippen molar-refractivity contribution >= 4 is 5.69 Å². The first-order chi connectivity index (χ1) is 12.3. The number of nitrogens with zero attached hydrogens (tertiary/aromatic N) is 2. The van der Waals surface area contributed by atoms with Crippen LogP contribution in [-0.4, -0.2) is 48.3 Å². The average molecular weight is 341 g/mol. The number of oxazole rings is 1. The van der Waals surface area contributed by atoms with Gasteiger partial charge in [-0.05, 0) is 43.4 Å². The van der Waals surface area contributed by atoms with Gasteiger partial charge in [-0.3, -0.25) is 0 Å². The molecule has 0 saturated carbocycles. The highest BCUT2D eigenvalue weighted by Crippen LogP contribution is 2.26. The molecule has 5 nitrogen and oxygen atoms in total. The lowest BCUT2D eigenvalue weighted by Crippen LogP contribution is -2.47. The van der Waals surface area contributed by atoms with Gasteiger partial charge < -0.3 is 19.4 Å². The number of hydrogen-bond acceptors (Lipinski definition) is 5. The van der Waals surface area contributed by atoms with E-state index in [1.807, 2.05) is 6.07 Å². The molecule has 2 aliphatic rings. The average Bonchev–Trinajstić information content (AvgIpc) is 3.31. The molecule has 0 radical (unpaired) electrons.